The molecule has 22 heavy (non-hydrogen) atoms. The Labute approximate surface area is 131 Å². The van der Waals surface area contributed by atoms with Crippen molar-refractivity contribution >= 4 is 5.96 Å². The topological polar surface area (TPSA) is 62.3 Å². The lowest BCUT2D eigenvalue weighted by molar-refractivity contribution is 0.0627. The molecule has 0 amide bonds. The van der Waals surface area contributed by atoms with Gasteiger partial charge in [-0.1, -0.05) is 54.1 Å². The highest BCUT2D eigenvalue weighted by Gasteiger charge is 2.22. The van der Waals surface area contributed by atoms with E-state index >= 15 is 0 Å². The summed E-state index contributed by atoms with van der Waals surface area (Å²) in [4.78, 5) is 1.84. The molecular formula is C18H21N3O. The average Bonchev–Trinajstić information content (AvgIpc) is 2.49. The van der Waals surface area contributed by atoms with Crippen LogP contribution in [0.3, 0.4) is 0 Å². The van der Waals surface area contributed by atoms with Gasteiger partial charge < -0.3 is 15.4 Å². The molecule has 0 fully saturated rings. The van der Waals surface area contributed by atoms with Gasteiger partial charge in [-0.3, -0.25) is 5.41 Å². The van der Waals surface area contributed by atoms with Crippen LogP contribution in [-0.4, -0.2) is 24.0 Å². The molecule has 4 heteroatoms. The Morgan fingerprint density at radius 1 is 1.18 bits per heavy atom. The van der Waals surface area contributed by atoms with Crippen LogP contribution in [0, 0.1) is 12.3 Å². The monoisotopic (exact) mass is 295 g/mol. The summed E-state index contributed by atoms with van der Waals surface area (Å²) in [6, 6.07) is 16.7. The van der Waals surface area contributed by atoms with Crippen molar-refractivity contribution in [1.82, 2.24) is 4.90 Å². The molecule has 2 aromatic carbocycles. The molecular weight excluding hydrogens is 274 g/mol. The zero-order valence-electron chi connectivity index (χ0n) is 12.8. The number of guanidine groups is 1. The van der Waals surface area contributed by atoms with E-state index in [1.165, 1.54) is 5.56 Å². The fraction of sp³-hybridized carbons (Fsp3) is 0.278. The van der Waals surface area contributed by atoms with Crippen LogP contribution in [0.4, 0.5) is 0 Å². The minimum atomic E-state index is -0.0640. The number of nitrogens with zero attached hydrogens (tertiary/aromatic N) is 1. The summed E-state index contributed by atoms with van der Waals surface area (Å²) >= 11 is 0. The Kier molecular flexibility index (Phi) is 4.11. The van der Waals surface area contributed by atoms with E-state index in [4.69, 9.17) is 15.9 Å². The van der Waals surface area contributed by atoms with Crippen molar-refractivity contribution in [2.45, 2.75) is 19.6 Å². The second-order valence-electron chi connectivity index (χ2n) is 5.67. The van der Waals surface area contributed by atoms with Gasteiger partial charge in [0.1, 0.15) is 6.10 Å². The first kappa shape index (κ1) is 14.6. The summed E-state index contributed by atoms with van der Waals surface area (Å²) in [5.41, 5.74) is 10.4. The zero-order valence-corrected chi connectivity index (χ0v) is 12.8. The summed E-state index contributed by atoms with van der Waals surface area (Å²) in [5, 5.41) is 7.68. The Hall–Kier alpha value is -2.33. The Balaban J connectivity index is 2.00. The highest BCUT2D eigenvalue weighted by Crippen LogP contribution is 2.31. The van der Waals surface area contributed by atoms with Crippen molar-refractivity contribution in [2.75, 3.05) is 13.2 Å². The quantitative estimate of drug-likeness (QED) is 0.628. The average molecular weight is 295 g/mol. The predicted molar refractivity (Wildman–Crippen MR) is 87.7 cm³/mol. The van der Waals surface area contributed by atoms with E-state index in [9.17, 15) is 0 Å². The van der Waals surface area contributed by atoms with E-state index in [0.717, 1.165) is 16.7 Å². The molecule has 1 unspecified atom stereocenters. The second-order valence-corrected chi connectivity index (χ2v) is 5.67. The first-order chi connectivity index (χ1) is 10.6. The summed E-state index contributed by atoms with van der Waals surface area (Å²) < 4.78 is 6.12. The van der Waals surface area contributed by atoms with Crippen LogP contribution in [0.25, 0.3) is 0 Å². The number of ether oxygens (including phenoxy) is 1. The minimum absolute atomic E-state index is 0.0640. The van der Waals surface area contributed by atoms with Crippen molar-refractivity contribution < 1.29 is 4.74 Å². The largest absolute Gasteiger partial charge is 0.370 e. The number of benzene rings is 2. The van der Waals surface area contributed by atoms with Gasteiger partial charge in [0.25, 0.3) is 0 Å². The fourth-order valence-electron chi connectivity index (χ4n) is 2.81. The molecule has 0 spiro atoms. The molecule has 3 N–H and O–H groups in total. The standard InChI is InChI=1S/C18H21N3O/c1-13-6-8-14(9-7-13)17-16-5-3-2-4-15(16)12-21(18(19)20)10-11-22-17/h2-9,17H,10-12H2,1H3,(H3,19,20). The van der Waals surface area contributed by atoms with E-state index in [-0.39, 0.29) is 12.1 Å². The number of hydrogen-bond acceptors (Lipinski definition) is 2. The Morgan fingerprint density at radius 3 is 2.64 bits per heavy atom. The lowest BCUT2D eigenvalue weighted by Crippen LogP contribution is -2.39. The van der Waals surface area contributed by atoms with E-state index < -0.39 is 0 Å². The van der Waals surface area contributed by atoms with Crippen molar-refractivity contribution in [3.05, 3.63) is 70.8 Å². The van der Waals surface area contributed by atoms with Crippen LogP contribution in [0.5, 0.6) is 0 Å². The van der Waals surface area contributed by atoms with Gasteiger partial charge in [-0.15, -0.1) is 0 Å². The molecule has 1 atom stereocenters. The highest BCUT2D eigenvalue weighted by atomic mass is 16.5. The first-order valence-electron chi connectivity index (χ1n) is 7.50. The van der Waals surface area contributed by atoms with Gasteiger partial charge in [-0.25, -0.2) is 0 Å². The van der Waals surface area contributed by atoms with Crippen LogP contribution in [0.1, 0.15) is 28.4 Å². The molecule has 0 saturated carbocycles. The van der Waals surface area contributed by atoms with Gasteiger partial charge in [0, 0.05) is 13.1 Å². The van der Waals surface area contributed by atoms with Gasteiger partial charge in [-0.2, -0.15) is 0 Å². The number of nitrogens with two attached hydrogens (primary N) is 1. The van der Waals surface area contributed by atoms with Crippen LogP contribution in [-0.2, 0) is 11.3 Å². The Morgan fingerprint density at radius 2 is 1.91 bits per heavy atom. The van der Waals surface area contributed by atoms with Crippen LogP contribution in [0.2, 0.25) is 0 Å². The van der Waals surface area contributed by atoms with Gasteiger partial charge in [0.05, 0.1) is 6.61 Å². The summed E-state index contributed by atoms with van der Waals surface area (Å²) in [6.07, 6.45) is -0.0640. The van der Waals surface area contributed by atoms with Crippen molar-refractivity contribution in [3.8, 4) is 0 Å². The Bertz CT molecular complexity index is 666. The van der Waals surface area contributed by atoms with E-state index in [1.807, 2.05) is 17.0 Å². The lowest BCUT2D eigenvalue weighted by Gasteiger charge is -2.30. The van der Waals surface area contributed by atoms with Crippen molar-refractivity contribution in [3.63, 3.8) is 0 Å². The maximum Gasteiger partial charge on any atom is 0.188 e. The molecule has 0 aromatic heterocycles. The molecule has 0 radical (unpaired) electrons. The SMILES string of the molecule is Cc1ccc(C2OCCN(C(=N)N)Cc3ccccc32)cc1. The van der Waals surface area contributed by atoms with Crippen LogP contribution >= 0.6 is 0 Å². The number of aryl methyl sites for hydroxylation is 1. The van der Waals surface area contributed by atoms with E-state index in [1.54, 1.807) is 0 Å². The molecule has 1 aliphatic heterocycles. The molecule has 0 aliphatic carbocycles. The van der Waals surface area contributed by atoms with Gasteiger partial charge in [0.2, 0.25) is 0 Å². The van der Waals surface area contributed by atoms with Crippen LogP contribution < -0.4 is 5.73 Å². The molecule has 3 rings (SSSR count). The third-order valence-corrected chi connectivity index (χ3v) is 4.07. The maximum atomic E-state index is 7.68. The highest BCUT2D eigenvalue weighted by molar-refractivity contribution is 5.74. The molecule has 2 aromatic rings. The summed E-state index contributed by atoms with van der Waals surface area (Å²) in [5.74, 6) is 0.0900. The van der Waals surface area contributed by atoms with Gasteiger partial charge >= 0.3 is 0 Å². The van der Waals surface area contributed by atoms with Gasteiger partial charge in [0.15, 0.2) is 5.96 Å². The molecule has 114 valence electrons. The van der Waals surface area contributed by atoms with Crippen LogP contribution in [0.15, 0.2) is 48.5 Å². The zero-order chi connectivity index (χ0) is 15.5. The normalized spacial score (nSPS) is 18.2. The lowest BCUT2D eigenvalue weighted by atomic mass is 9.95. The first-order valence-corrected chi connectivity index (χ1v) is 7.50. The number of nitrogens with one attached hydrogen (secondary N) is 1. The van der Waals surface area contributed by atoms with Gasteiger partial charge in [-0.05, 0) is 23.6 Å². The third-order valence-electron chi connectivity index (χ3n) is 4.07. The fourth-order valence-corrected chi connectivity index (χ4v) is 2.81. The second kappa shape index (κ2) is 6.20. The summed E-state index contributed by atoms with van der Waals surface area (Å²) in [7, 11) is 0. The van der Waals surface area contributed by atoms with Crippen molar-refractivity contribution in [1.29, 1.82) is 5.41 Å². The smallest absolute Gasteiger partial charge is 0.188 e. The number of fused-ring (bicyclic) bond motifs is 1. The third kappa shape index (κ3) is 2.97. The summed E-state index contributed by atoms with van der Waals surface area (Å²) in [6.45, 7) is 3.91. The molecule has 1 heterocycles. The van der Waals surface area contributed by atoms with E-state index in [0.29, 0.717) is 19.7 Å². The maximum absolute atomic E-state index is 7.68. The molecule has 1 aliphatic rings. The van der Waals surface area contributed by atoms with E-state index in [2.05, 4.69) is 43.3 Å². The molecule has 0 saturated heterocycles. The molecule has 4 nitrogen and oxygen atoms in total. The van der Waals surface area contributed by atoms with Crippen molar-refractivity contribution in [2.24, 2.45) is 5.73 Å². The minimum Gasteiger partial charge on any atom is -0.370 e. The number of hydrogen-bond donors (Lipinski definition) is 2. The molecule has 0 bridgehead atoms. The predicted octanol–water partition coefficient (Wildman–Crippen LogP) is 2.81. The number of rotatable bonds is 1.